The number of benzene rings is 1. The molecular formula is C17H16N4O3S2. The van der Waals surface area contributed by atoms with Gasteiger partial charge in [0.05, 0.1) is 16.3 Å². The van der Waals surface area contributed by atoms with Crippen LogP contribution in [0.15, 0.2) is 40.6 Å². The average Bonchev–Trinajstić information content (AvgIpc) is 3.22. The van der Waals surface area contributed by atoms with E-state index in [1.54, 1.807) is 36.4 Å². The van der Waals surface area contributed by atoms with E-state index in [-0.39, 0.29) is 16.7 Å². The van der Waals surface area contributed by atoms with Crippen LogP contribution in [0.5, 0.6) is 0 Å². The van der Waals surface area contributed by atoms with Gasteiger partial charge in [-0.2, -0.15) is 5.10 Å². The Labute approximate surface area is 154 Å². The second-order valence-corrected chi connectivity index (χ2v) is 9.19. The van der Waals surface area contributed by atoms with Crippen LogP contribution in [0, 0.1) is 13.8 Å². The van der Waals surface area contributed by atoms with E-state index in [1.807, 2.05) is 13.8 Å². The fraction of sp³-hybridized carbons (Fsp3) is 0.176. The highest BCUT2D eigenvalue weighted by Crippen LogP contribution is 2.37. The number of fused-ring (bicyclic) bond motifs is 1. The number of anilines is 2. The predicted molar refractivity (Wildman–Crippen MR) is 101 cm³/mol. The molecule has 3 heterocycles. The molecule has 0 unspecified atom stereocenters. The molecule has 1 aliphatic rings. The number of aryl methyl sites for hydroxylation is 1. The van der Waals surface area contributed by atoms with Gasteiger partial charge in [0.1, 0.15) is 16.4 Å². The van der Waals surface area contributed by atoms with Gasteiger partial charge in [-0.05, 0) is 43.7 Å². The molecule has 7 nitrogen and oxygen atoms in total. The third-order valence-corrected chi connectivity index (χ3v) is 7.67. The number of nitrogens with one attached hydrogen (secondary N) is 2. The monoisotopic (exact) mass is 388 g/mol. The van der Waals surface area contributed by atoms with Crippen LogP contribution in [0.4, 0.5) is 11.4 Å². The van der Waals surface area contributed by atoms with Gasteiger partial charge in [0, 0.05) is 5.69 Å². The molecule has 0 radical (unpaired) electrons. The molecule has 0 atom stereocenters. The minimum absolute atomic E-state index is 0.178. The quantitative estimate of drug-likeness (QED) is 0.721. The van der Waals surface area contributed by atoms with Crippen LogP contribution in [-0.2, 0) is 14.8 Å². The summed E-state index contributed by atoms with van der Waals surface area (Å²) in [5.41, 5.74) is 3.63. The molecule has 26 heavy (non-hydrogen) atoms. The van der Waals surface area contributed by atoms with Gasteiger partial charge < -0.3 is 5.32 Å². The molecule has 0 saturated carbocycles. The molecule has 2 N–H and O–H groups in total. The molecule has 1 amide bonds. The van der Waals surface area contributed by atoms with Crippen molar-refractivity contribution >= 4 is 38.6 Å². The van der Waals surface area contributed by atoms with Crippen LogP contribution in [0.1, 0.15) is 11.3 Å². The smallest absolute Gasteiger partial charge is 0.274 e. The van der Waals surface area contributed by atoms with Crippen molar-refractivity contribution in [2.24, 2.45) is 0 Å². The minimum atomic E-state index is -3.85. The summed E-state index contributed by atoms with van der Waals surface area (Å²) in [5.74, 6) is -0.358. The number of carbonyl (C=O) groups excluding carboxylic acids is 1. The molecule has 1 aromatic carbocycles. The first-order valence-corrected chi connectivity index (χ1v) is 10.2. The summed E-state index contributed by atoms with van der Waals surface area (Å²) < 4.78 is 27.6. The number of hydrogen-bond acceptors (Lipinski definition) is 5. The van der Waals surface area contributed by atoms with Gasteiger partial charge in [-0.25, -0.2) is 8.42 Å². The molecule has 0 saturated heterocycles. The van der Waals surface area contributed by atoms with Gasteiger partial charge in [-0.15, -0.1) is 11.3 Å². The Kier molecular flexibility index (Phi) is 3.85. The molecule has 3 aromatic rings. The Morgan fingerprint density at radius 3 is 2.65 bits per heavy atom. The number of aromatic nitrogens is 2. The summed E-state index contributed by atoms with van der Waals surface area (Å²) in [6, 6.07) is 10.2. The fourth-order valence-electron chi connectivity index (χ4n) is 2.84. The van der Waals surface area contributed by atoms with E-state index in [4.69, 9.17) is 0 Å². The number of hydrogen-bond donors (Lipinski definition) is 2. The third-order valence-electron chi connectivity index (χ3n) is 4.35. The largest absolute Gasteiger partial charge is 0.323 e. The van der Waals surface area contributed by atoms with Gasteiger partial charge in [0.25, 0.3) is 10.0 Å². The van der Waals surface area contributed by atoms with Gasteiger partial charge in [0.15, 0.2) is 0 Å². The number of sulfonamides is 1. The number of para-hydroxylation sites is 2. The highest BCUT2D eigenvalue weighted by atomic mass is 32.2. The van der Waals surface area contributed by atoms with Gasteiger partial charge in [-0.1, -0.05) is 12.1 Å². The first-order valence-electron chi connectivity index (χ1n) is 7.91. The molecule has 2 aromatic heterocycles. The zero-order valence-electron chi connectivity index (χ0n) is 14.1. The molecule has 0 fully saturated rings. The Hall–Kier alpha value is -2.65. The maximum Gasteiger partial charge on any atom is 0.274 e. The minimum Gasteiger partial charge on any atom is -0.323 e. The Balaban J connectivity index is 1.77. The van der Waals surface area contributed by atoms with Crippen molar-refractivity contribution in [2.45, 2.75) is 18.1 Å². The van der Waals surface area contributed by atoms with E-state index < -0.39 is 10.0 Å². The van der Waals surface area contributed by atoms with E-state index in [0.717, 1.165) is 37.5 Å². The summed E-state index contributed by atoms with van der Waals surface area (Å²) in [6.45, 7) is 3.61. The van der Waals surface area contributed by atoms with Crippen molar-refractivity contribution in [1.29, 1.82) is 0 Å². The van der Waals surface area contributed by atoms with Gasteiger partial charge in [0.2, 0.25) is 5.91 Å². The lowest BCUT2D eigenvalue weighted by Crippen LogP contribution is -2.41. The van der Waals surface area contributed by atoms with Crippen LogP contribution < -0.4 is 9.62 Å². The number of nitrogens with zero attached hydrogens (tertiary/aromatic N) is 2. The first kappa shape index (κ1) is 16.8. The maximum atomic E-state index is 13.2. The lowest BCUT2D eigenvalue weighted by Gasteiger charge is -2.29. The average molecular weight is 388 g/mol. The maximum absolute atomic E-state index is 13.2. The lowest BCUT2D eigenvalue weighted by molar-refractivity contribution is -0.115. The van der Waals surface area contributed by atoms with E-state index in [0.29, 0.717) is 11.4 Å². The zero-order chi connectivity index (χ0) is 18.5. The molecule has 9 heteroatoms. The second-order valence-electron chi connectivity index (χ2n) is 6.02. The second kappa shape index (κ2) is 5.96. The van der Waals surface area contributed by atoms with Crippen molar-refractivity contribution in [2.75, 3.05) is 16.2 Å². The number of aromatic amines is 1. The Morgan fingerprint density at radius 2 is 1.92 bits per heavy atom. The molecule has 134 valence electrons. The normalized spacial score (nSPS) is 14.2. The van der Waals surface area contributed by atoms with E-state index in [2.05, 4.69) is 15.5 Å². The Morgan fingerprint density at radius 1 is 1.15 bits per heavy atom. The third kappa shape index (κ3) is 2.60. The molecule has 4 rings (SSSR count). The highest BCUT2D eigenvalue weighted by molar-refractivity contribution is 7.94. The standard InChI is InChI=1S/C17H16N4O3S2/c1-10-11(2)19-20-17(10)14-7-8-16(25-14)26(23,24)21-9-15(22)18-12-5-3-4-6-13(12)21/h3-8H,9H2,1-2H3,(H,18,22)(H,19,20). The number of thiophene rings is 1. The van der Waals surface area contributed by atoms with Crippen molar-refractivity contribution in [1.82, 2.24) is 10.2 Å². The fourth-order valence-corrected chi connectivity index (χ4v) is 5.74. The predicted octanol–water partition coefficient (Wildman–Crippen LogP) is 2.90. The topological polar surface area (TPSA) is 95.2 Å². The van der Waals surface area contributed by atoms with Crippen LogP contribution in [-0.4, -0.2) is 31.1 Å². The molecular weight excluding hydrogens is 372 g/mol. The summed E-state index contributed by atoms with van der Waals surface area (Å²) in [4.78, 5) is 12.7. The van der Waals surface area contributed by atoms with Gasteiger partial charge in [-0.3, -0.25) is 14.2 Å². The highest BCUT2D eigenvalue weighted by Gasteiger charge is 2.33. The van der Waals surface area contributed by atoms with E-state index >= 15 is 0 Å². The van der Waals surface area contributed by atoms with Crippen LogP contribution in [0.2, 0.25) is 0 Å². The number of rotatable bonds is 3. The summed E-state index contributed by atoms with van der Waals surface area (Å²) >= 11 is 1.15. The summed E-state index contributed by atoms with van der Waals surface area (Å²) in [6.07, 6.45) is 0. The molecule has 1 aliphatic heterocycles. The van der Waals surface area contributed by atoms with Crippen LogP contribution in [0.3, 0.4) is 0 Å². The van der Waals surface area contributed by atoms with E-state index in [9.17, 15) is 13.2 Å². The molecule has 0 aliphatic carbocycles. The Bertz CT molecular complexity index is 1110. The van der Waals surface area contributed by atoms with Crippen molar-refractivity contribution in [3.05, 3.63) is 47.7 Å². The first-order chi connectivity index (χ1) is 12.4. The van der Waals surface area contributed by atoms with Gasteiger partial charge >= 0.3 is 0 Å². The molecule has 0 spiro atoms. The zero-order valence-corrected chi connectivity index (χ0v) is 15.7. The SMILES string of the molecule is Cc1[nH]nc(-c2ccc(S(=O)(=O)N3CC(=O)Nc4ccccc43)s2)c1C. The van der Waals surface area contributed by atoms with Crippen LogP contribution in [0.25, 0.3) is 10.6 Å². The van der Waals surface area contributed by atoms with Crippen molar-refractivity contribution in [3.63, 3.8) is 0 Å². The van der Waals surface area contributed by atoms with E-state index in [1.165, 1.54) is 0 Å². The summed E-state index contributed by atoms with van der Waals surface area (Å²) in [5, 5.41) is 9.86. The number of amides is 1. The number of H-pyrrole nitrogens is 1. The van der Waals surface area contributed by atoms with Crippen molar-refractivity contribution < 1.29 is 13.2 Å². The number of carbonyl (C=O) groups is 1. The molecule has 0 bridgehead atoms. The lowest BCUT2D eigenvalue weighted by atomic mass is 10.2. The van der Waals surface area contributed by atoms with Crippen molar-refractivity contribution in [3.8, 4) is 10.6 Å². The van der Waals surface area contributed by atoms with Crippen LogP contribution >= 0.6 is 11.3 Å². The summed E-state index contributed by atoms with van der Waals surface area (Å²) in [7, 11) is -3.85.